The number of ketones is 1. The summed E-state index contributed by atoms with van der Waals surface area (Å²) in [6, 6.07) is 20.0. The SMILES string of the molecule is C[Si](C)(C)O[C@@H](Cc1ccccc1)C(=O)Cc1ccccc1. The molecule has 2 rings (SSSR count). The lowest BCUT2D eigenvalue weighted by atomic mass is 10.0. The van der Waals surface area contributed by atoms with E-state index in [0.717, 1.165) is 11.1 Å². The van der Waals surface area contributed by atoms with E-state index in [9.17, 15) is 4.79 Å². The Labute approximate surface area is 134 Å². The zero-order chi connectivity index (χ0) is 16.0. The van der Waals surface area contributed by atoms with E-state index < -0.39 is 8.32 Å². The van der Waals surface area contributed by atoms with Gasteiger partial charge in [0.25, 0.3) is 0 Å². The molecular formula is C19H24O2Si. The third kappa shape index (κ3) is 5.58. The quantitative estimate of drug-likeness (QED) is 0.714. The molecule has 0 aliphatic carbocycles. The van der Waals surface area contributed by atoms with E-state index in [1.807, 2.05) is 48.5 Å². The number of rotatable bonds is 7. The molecule has 2 aromatic rings. The molecule has 3 heteroatoms. The van der Waals surface area contributed by atoms with E-state index in [1.165, 1.54) is 0 Å². The van der Waals surface area contributed by atoms with E-state index in [-0.39, 0.29) is 11.9 Å². The van der Waals surface area contributed by atoms with Crippen LogP contribution in [-0.2, 0) is 22.1 Å². The molecular weight excluding hydrogens is 288 g/mol. The first-order chi connectivity index (χ1) is 10.4. The van der Waals surface area contributed by atoms with Crippen LogP contribution in [0.25, 0.3) is 0 Å². The van der Waals surface area contributed by atoms with Crippen LogP contribution < -0.4 is 0 Å². The van der Waals surface area contributed by atoms with Crippen LogP contribution in [0.2, 0.25) is 19.6 Å². The second-order valence-corrected chi connectivity index (χ2v) is 11.0. The van der Waals surface area contributed by atoms with Gasteiger partial charge in [0.15, 0.2) is 14.1 Å². The topological polar surface area (TPSA) is 26.3 Å². The van der Waals surface area contributed by atoms with Gasteiger partial charge in [-0.25, -0.2) is 0 Å². The van der Waals surface area contributed by atoms with Crippen molar-refractivity contribution >= 4 is 14.1 Å². The highest BCUT2D eigenvalue weighted by Crippen LogP contribution is 2.15. The molecule has 2 aromatic carbocycles. The Morgan fingerprint density at radius 2 is 1.41 bits per heavy atom. The Balaban J connectivity index is 2.11. The molecule has 0 bridgehead atoms. The summed E-state index contributed by atoms with van der Waals surface area (Å²) < 4.78 is 6.17. The molecule has 0 radical (unpaired) electrons. The van der Waals surface area contributed by atoms with E-state index >= 15 is 0 Å². The van der Waals surface area contributed by atoms with Crippen LogP contribution in [0.5, 0.6) is 0 Å². The van der Waals surface area contributed by atoms with E-state index in [0.29, 0.717) is 12.8 Å². The first-order valence-electron chi connectivity index (χ1n) is 7.72. The zero-order valence-corrected chi connectivity index (χ0v) is 14.6. The van der Waals surface area contributed by atoms with Gasteiger partial charge in [-0.1, -0.05) is 60.7 Å². The van der Waals surface area contributed by atoms with Crippen LogP contribution in [0.3, 0.4) is 0 Å². The Morgan fingerprint density at radius 1 is 0.909 bits per heavy atom. The maximum atomic E-state index is 12.7. The van der Waals surface area contributed by atoms with Gasteiger partial charge in [-0.15, -0.1) is 0 Å². The van der Waals surface area contributed by atoms with Gasteiger partial charge in [0.1, 0.15) is 6.10 Å². The lowest BCUT2D eigenvalue weighted by Crippen LogP contribution is -2.38. The molecule has 22 heavy (non-hydrogen) atoms. The largest absolute Gasteiger partial charge is 0.407 e. The summed E-state index contributed by atoms with van der Waals surface area (Å²) in [7, 11) is -1.77. The molecule has 0 saturated heterocycles. The fraction of sp³-hybridized carbons (Fsp3) is 0.316. The minimum atomic E-state index is -1.77. The summed E-state index contributed by atoms with van der Waals surface area (Å²) in [5, 5.41) is 0. The Morgan fingerprint density at radius 3 is 1.91 bits per heavy atom. The van der Waals surface area contributed by atoms with E-state index in [1.54, 1.807) is 0 Å². The minimum absolute atomic E-state index is 0.164. The van der Waals surface area contributed by atoms with Crippen LogP contribution in [0.4, 0.5) is 0 Å². The predicted octanol–water partition coefficient (Wildman–Crippen LogP) is 4.26. The second-order valence-electron chi connectivity index (χ2n) is 6.54. The van der Waals surface area contributed by atoms with Gasteiger partial charge < -0.3 is 4.43 Å². The summed E-state index contributed by atoms with van der Waals surface area (Å²) in [6.07, 6.45) is 0.730. The van der Waals surface area contributed by atoms with Crippen molar-refractivity contribution < 1.29 is 9.22 Å². The smallest absolute Gasteiger partial charge is 0.184 e. The zero-order valence-electron chi connectivity index (χ0n) is 13.6. The Hall–Kier alpha value is -1.71. The lowest BCUT2D eigenvalue weighted by Gasteiger charge is -2.25. The molecule has 0 amide bonds. The normalized spacial score (nSPS) is 12.9. The van der Waals surface area contributed by atoms with Crippen molar-refractivity contribution in [2.45, 2.75) is 38.6 Å². The van der Waals surface area contributed by atoms with Crippen molar-refractivity contribution in [3.63, 3.8) is 0 Å². The van der Waals surface area contributed by atoms with Crippen LogP contribution >= 0.6 is 0 Å². The molecule has 0 spiro atoms. The summed E-state index contributed by atoms with van der Waals surface area (Å²) in [6.45, 7) is 6.38. The third-order valence-electron chi connectivity index (χ3n) is 3.34. The molecule has 2 nitrogen and oxygen atoms in total. The van der Waals surface area contributed by atoms with Crippen molar-refractivity contribution in [2.24, 2.45) is 0 Å². The van der Waals surface area contributed by atoms with Crippen molar-refractivity contribution in [2.75, 3.05) is 0 Å². The van der Waals surface area contributed by atoms with Gasteiger partial charge in [0.05, 0.1) is 0 Å². The highest BCUT2D eigenvalue weighted by atomic mass is 28.4. The van der Waals surface area contributed by atoms with Gasteiger partial charge in [-0.2, -0.15) is 0 Å². The minimum Gasteiger partial charge on any atom is -0.407 e. The predicted molar refractivity (Wildman–Crippen MR) is 93.5 cm³/mol. The van der Waals surface area contributed by atoms with Crippen molar-refractivity contribution in [3.05, 3.63) is 71.8 Å². The number of Topliss-reactive ketones (excluding diaryl/α,β-unsaturated/α-hetero) is 1. The first kappa shape index (κ1) is 16.7. The van der Waals surface area contributed by atoms with Crippen molar-refractivity contribution in [3.8, 4) is 0 Å². The monoisotopic (exact) mass is 312 g/mol. The lowest BCUT2D eigenvalue weighted by molar-refractivity contribution is -0.125. The summed E-state index contributed by atoms with van der Waals surface area (Å²) >= 11 is 0. The maximum absolute atomic E-state index is 12.7. The Bertz CT molecular complexity index is 588. The fourth-order valence-corrected chi connectivity index (χ4v) is 3.46. The van der Waals surface area contributed by atoms with Gasteiger partial charge in [-0.05, 0) is 30.8 Å². The Kier molecular flexibility index (Phi) is 5.69. The number of carbonyl (C=O) groups excluding carboxylic acids is 1. The molecule has 0 unspecified atom stereocenters. The van der Waals surface area contributed by atoms with E-state index in [4.69, 9.17) is 4.43 Å². The van der Waals surface area contributed by atoms with Crippen molar-refractivity contribution in [1.82, 2.24) is 0 Å². The van der Waals surface area contributed by atoms with Gasteiger partial charge >= 0.3 is 0 Å². The fourth-order valence-electron chi connectivity index (χ4n) is 2.39. The average molecular weight is 312 g/mol. The number of hydrogen-bond acceptors (Lipinski definition) is 2. The molecule has 116 valence electrons. The molecule has 0 aliphatic heterocycles. The van der Waals surface area contributed by atoms with Crippen LogP contribution in [0, 0.1) is 0 Å². The van der Waals surface area contributed by atoms with Crippen LogP contribution in [0.15, 0.2) is 60.7 Å². The van der Waals surface area contributed by atoms with Gasteiger partial charge in [0.2, 0.25) is 0 Å². The molecule has 0 N–H and O–H groups in total. The summed E-state index contributed by atoms with van der Waals surface area (Å²) in [5.41, 5.74) is 2.19. The molecule has 0 heterocycles. The second kappa shape index (κ2) is 7.52. The van der Waals surface area contributed by atoms with Gasteiger partial charge in [0, 0.05) is 12.8 Å². The molecule has 0 fully saturated rings. The summed E-state index contributed by atoms with van der Waals surface area (Å²) in [5.74, 6) is 0.164. The highest BCUT2D eigenvalue weighted by Gasteiger charge is 2.26. The average Bonchev–Trinajstić information content (AvgIpc) is 2.47. The number of carbonyl (C=O) groups is 1. The highest BCUT2D eigenvalue weighted by molar-refractivity contribution is 6.69. The third-order valence-corrected chi connectivity index (χ3v) is 4.33. The van der Waals surface area contributed by atoms with Gasteiger partial charge in [-0.3, -0.25) is 4.79 Å². The van der Waals surface area contributed by atoms with Crippen LogP contribution in [0.1, 0.15) is 11.1 Å². The number of benzene rings is 2. The molecule has 0 aliphatic rings. The van der Waals surface area contributed by atoms with E-state index in [2.05, 4.69) is 31.8 Å². The standard InChI is InChI=1S/C19H24O2Si/c1-22(2,3)21-19(15-17-12-8-5-9-13-17)18(20)14-16-10-6-4-7-11-16/h4-13,19H,14-15H2,1-3H3/t19-/m0/s1. The molecule has 1 atom stereocenters. The van der Waals surface area contributed by atoms with Crippen molar-refractivity contribution in [1.29, 1.82) is 0 Å². The molecule has 0 saturated carbocycles. The molecule has 0 aromatic heterocycles. The first-order valence-corrected chi connectivity index (χ1v) is 11.1. The van der Waals surface area contributed by atoms with Crippen LogP contribution in [-0.4, -0.2) is 20.2 Å². The number of hydrogen-bond donors (Lipinski definition) is 0. The maximum Gasteiger partial charge on any atom is 0.184 e. The summed E-state index contributed by atoms with van der Waals surface area (Å²) in [4.78, 5) is 12.7.